The third-order valence-corrected chi connectivity index (χ3v) is 9.47. The molecule has 0 aliphatic heterocycles. The zero-order valence-corrected chi connectivity index (χ0v) is 21.4. The van der Waals surface area contributed by atoms with Crippen LogP contribution in [0, 0.1) is 29.6 Å². The van der Waals surface area contributed by atoms with Crippen molar-refractivity contribution in [2.45, 2.75) is 122 Å². The molecule has 0 bridgehead atoms. The number of hydrogen-bond donors (Lipinski definition) is 0. The van der Waals surface area contributed by atoms with Crippen molar-refractivity contribution in [3.63, 3.8) is 0 Å². The topological polar surface area (TPSA) is 26.3 Å². The van der Waals surface area contributed by atoms with Gasteiger partial charge in [-0.2, -0.15) is 0 Å². The lowest BCUT2D eigenvalue weighted by Gasteiger charge is -2.37. The van der Waals surface area contributed by atoms with E-state index in [0.29, 0.717) is 5.92 Å². The summed E-state index contributed by atoms with van der Waals surface area (Å²) < 4.78 is 5.83. The maximum Gasteiger partial charge on any atom is 0.314 e. The van der Waals surface area contributed by atoms with Crippen molar-refractivity contribution in [2.75, 3.05) is 0 Å². The van der Waals surface area contributed by atoms with E-state index < -0.39 is 0 Å². The van der Waals surface area contributed by atoms with Gasteiger partial charge < -0.3 is 4.74 Å². The lowest BCUT2D eigenvalue weighted by atomic mass is 9.69. The van der Waals surface area contributed by atoms with Crippen LogP contribution in [0.5, 0.6) is 5.75 Å². The number of rotatable bonds is 8. The van der Waals surface area contributed by atoms with Gasteiger partial charge in [0.1, 0.15) is 5.75 Å². The van der Waals surface area contributed by atoms with Crippen molar-refractivity contribution in [3.8, 4) is 5.75 Å². The zero-order valence-electron chi connectivity index (χ0n) is 21.4. The van der Waals surface area contributed by atoms with Crippen molar-refractivity contribution in [1.82, 2.24) is 0 Å². The van der Waals surface area contributed by atoms with E-state index in [9.17, 15) is 4.79 Å². The molecule has 2 heteroatoms. The van der Waals surface area contributed by atoms with Gasteiger partial charge in [-0.15, -0.1) is 0 Å². The van der Waals surface area contributed by atoms with E-state index in [1.54, 1.807) is 0 Å². The van der Waals surface area contributed by atoms with E-state index in [2.05, 4.69) is 26.0 Å². The van der Waals surface area contributed by atoms with Crippen LogP contribution in [0.25, 0.3) is 0 Å². The molecule has 33 heavy (non-hydrogen) atoms. The molecule has 0 saturated heterocycles. The molecule has 0 heterocycles. The molecule has 2 nitrogen and oxygen atoms in total. The Kier molecular flexibility index (Phi) is 9.33. The summed E-state index contributed by atoms with van der Waals surface area (Å²) in [4.78, 5) is 12.8. The Bertz CT molecular complexity index is 699. The highest BCUT2D eigenvalue weighted by molar-refractivity contribution is 5.75. The van der Waals surface area contributed by atoms with Crippen LogP contribution in [-0.2, 0) is 4.79 Å². The van der Waals surface area contributed by atoms with Crippen LogP contribution in [-0.4, -0.2) is 5.97 Å². The van der Waals surface area contributed by atoms with Crippen LogP contribution < -0.4 is 4.74 Å². The highest BCUT2D eigenvalue weighted by Crippen LogP contribution is 2.42. The maximum absolute atomic E-state index is 12.8. The molecule has 0 atom stereocenters. The molecule has 1 aromatic carbocycles. The van der Waals surface area contributed by atoms with Gasteiger partial charge in [0.05, 0.1) is 5.92 Å². The summed E-state index contributed by atoms with van der Waals surface area (Å²) in [5.74, 6) is 5.23. The molecule has 3 aliphatic rings. The minimum atomic E-state index is 0.00734. The number of hydrogen-bond acceptors (Lipinski definition) is 2. The molecule has 0 aromatic heterocycles. The van der Waals surface area contributed by atoms with E-state index >= 15 is 0 Å². The summed E-state index contributed by atoms with van der Waals surface area (Å²) in [7, 11) is 0. The van der Waals surface area contributed by atoms with Crippen LogP contribution in [0.2, 0.25) is 0 Å². The largest absolute Gasteiger partial charge is 0.426 e. The van der Waals surface area contributed by atoms with Crippen molar-refractivity contribution in [2.24, 2.45) is 29.6 Å². The average molecular weight is 453 g/mol. The number of esters is 1. The van der Waals surface area contributed by atoms with Gasteiger partial charge in [-0.05, 0) is 111 Å². The first-order valence-corrected chi connectivity index (χ1v) is 14.5. The predicted octanol–water partition coefficient (Wildman–Crippen LogP) is 9.08. The van der Waals surface area contributed by atoms with Gasteiger partial charge in [0.2, 0.25) is 0 Å². The second-order valence-corrected chi connectivity index (χ2v) is 11.7. The Morgan fingerprint density at radius 1 is 0.697 bits per heavy atom. The number of carbonyl (C=O) groups is 1. The summed E-state index contributed by atoms with van der Waals surface area (Å²) in [6.07, 6.45) is 21.1. The molecular formula is C31H48O2. The Labute approximate surface area is 203 Å². The molecule has 3 saturated carbocycles. The first kappa shape index (κ1) is 24.8. The quantitative estimate of drug-likeness (QED) is 0.290. The van der Waals surface area contributed by atoms with Crippen molar-refractivity contribution >= 4 is 5.97 Å². The lowest BCUT2D eigenvalue weighted by Crippen LogP contribution is -2.30. The van der Waals surface area contributed by atoms with Crippen LogP contribution >= 0.6 is 0 Å². The molecule has 0 spiro atoms. The average Bonchev–Trinajstić information content (AvgIpc) is 2.86. The van der Waals surface area contributed by atoms with Crippen molar-refractivity contribution in [3.05, 3.63) is 29.8 Å². The van der Waals surface area contributed by atoms with Crippen molar-refractivity contribution < 1.29 is 9.53 Å². The first-order chi connectivity index (χ1) is 16.2. The second kappa shape index (κ2) is 12.4. The summed E-state index contributed by atoms with van der Waals surface area (Å²) in [6, 6.07) is 8.48. The van der Waals surface area contributed by atoms with E-state index in [1.807, 2.05) is 12.1 Å². The Morgan fingerprint density at radius 2 is 1.18 bits per heavy atom. The fraction of sp³-hybridized carbons (Fsp3) is 0.774. The summed E-state index contributed by atoms with van der Waals surface area (Å²) in [5.41, 5.74) is 1.43. The normalized spacial score (nSPS) is 32.9. The van der Waals surface area contributed by atoms with Gasteiger partial charge in [0, 0.05) is 0 Å². The van der Waals surface area contributed by atoms with Gasteiger partial charge in [0.15, 0.2) is 0 Å². The van der Waals surface area contributed by atoms with Crippen molar-refractivity contribution in [1.29, 1.82) is 0 Å². The highest BCUT2D eigenvalue weighted by atomic mass is 16.5. The van der Waals surface area contributed by atoms with Crippen LogP contribution in [0.1, 0.15) is 128 Å². The second-order valence-electron chi connectivity index (χ2n) is 11.7. The van der Waals surface area contributed by atoms with Gasteiger partial charge in [0.25, 0.3) is 0 Å². The fourth-order valence-electron chi connectivity index (χ4n) is 7.38. The van der Waals surface area contributed by atoms with Gasteiger partial charge in [-0.25, -0.2) is 0 Å². The molecule has 0 N–H and O–H groups in total. The molecule has 0 amide bonds. The molecule has 4 rings (SSSR count). The summed E-state index contributed by atoms with van der Waals surface area (Å²) in [5, 5.41) is 0. The van der Waals surface area contributed by atoms with E-state index in [4.69, 9.17) is 4.74 Å². The van der Waals surface area contributed by atoms with E-state index in [1.165, 1.54) is 95.5 Å². The monoisotopic (exact) mass is 452 g/mol. The van der Waals surface area contributed by atoms with Gasteiger partial charge in [-0.3, -0.25) is 4.79 Å². The smallest absolute Gasteiger partial charge is 0.314 e. The predicted molar refractivity (Wildman–Crippen MR) is 137 cm³/mol. The molecule has 3 fully saturated rings. The Hall–Kier alpha value is -1.31. The van der Waals surface area contributed by atoms with Crippen LogP contribution in [0.3, 0.4) is 0 Å². The third kappa shape index (κ3) is 6.86. The third-order valence-electron chi connectivity index (χ3n) is 9.47. The van der Waals surface area contributed by atoms with Gasteiger partial charge in [-0.1, -0.05) is 64.5 Å². The molecule has 3 aliphatic carbocycles. The Balaban J connectivity index is 1.19. The first-order valence-electron chi connectivity index (χ1n) is 14.5. The summed E-state index contributed by atoms with van der Waals surface area (Å²) in [6.45, 7) is 4.62. The van der Waals surface area contributed by atoms with E-state index in [-0.39, 0.29) is 11.9 Å². The fourth-order valence-corrected chi connectivity index (χ4v) is 7.38. The minimum Gasteiger partial charge on any atom is -0.426 e. The standard InChI is InChI=1S/C31H48O2/c1-3-5-23-7-11-25(12-8-23)27-15-17-29(18-16-27)31(32)33-30-21-19-28(20-22-30)26-13-9-24(6-4-2)10-14-26/h19-27,29H,3-18H2,1-2H3/t23?,24-,25?,26-,27?,29?. The lowest BCUT2D eigenvalue weighted by molar-refractivity contribution is -0.140. The molecule has 0 radical (unpaired) electrons. The SMILES string of the molecule is CCCC1CCC(C2CCC(C(=O)Oc3ccc([C@H]4CC[C@H](CCC)CC4)cc3)CC2)CC1. The van der Waals surface area contributed by atoms with Gasteiger partial charge >= 0.3 is 5.97 Å². The number of ether oxygens (including phenoxy) is 1. The zero-order chi connectivity index (χ0) is 23.0. The maximum atomic E-state index is 12.8. The minimum absolute atomic E-state index is 0.00734. The number of carbonyl (C=O) groups excluding carboxylic acids is 1. The molecular weight excluding hydrogens is 404 g/mol. The molecule has 184 valence electrons. The molecule has 1 aromatic rings. The molecule has 0 unspecified atom stereocenters. The number of benzene rings is 1. The van der Waals surface area contributed by atoms with Crippen LogP contribution in [0.4, 0.5) is 0 Å². The Morgan fingerprint density at radius 3 is 1.70 bits per heavy atom. The highest BCUT2D eigenvalue weighted by Gasteiger charge is 2.33. The van der Waals surface area contributed by atoms with Crippen LogP contribution in [0.15, 0.2) is 24.3 Å². The van der Waals surface area contributed by atoms with E-state index in [0.717, 1.165) is 42.3 Å². The summed E-state index contributed by atoms with van der Waals surface area (Å²) >= 11 is 0.